The van der Waals surface area contributed by atoms with Crippen molar-refractivity contribution < 1.29 is 0 Å². The lowest BCUT2D eigenvalue weighted by Gasteiger charge is -2.27. The van der Waals surface area contributed by atoms with Gasteiger partial charge in [0.15, 0.2) is 0 Å². The molecular formula is C16H32I2N2Si2. The van der Waals surface area contributed by atoms with Crippen molar-refractivity contribution in [2.24, 2.45) is 11.5 Å². The fourth-order valence-corrected chi connectivity index (χ4v) is 7.82. The largest absolute Gasteiger partial charge is 0.330 e. The molecule has 0 fully saturated rings. The van der Waals surface area contributed by atoms with Gasteiger partial charge in [-0.15, -0.1) is 0 Å². The minimum atomic E-state index is -1.32. The highest BCUT2D eigenvalue weighted by atomic mass is 128. The van der Waals surface area contributed by atoms with Gasteiger partial charge in [-0.1, -0.05) is 72.9 Å². The van der Waals surface area contributed by atoms with E-state index in [9.17, 15) is 0 Å². The number of nitrogens with two attached hydrogens (primary N) is 2. The molecule has 0 aliphatic carbocycles. The van der Waals surface area contributed by atoms with E-state index in [0.29, 0.717) is 0 Å². The molecule has 0 amide bonds. The minimum absolute atomic E-state index is 0.812. The third kappa shape index (κ3) is 7.74. The van der Waals surface area contributed by atoms with Gasteiger partial charge in [0.25, 0.3) is 0 Å². The summed E-state index contributed by atoms with van der Waals surface area (Å²) in [7, 11) is -2.65. The summed E-state index contributed by atoms with van der Waals surface area (Å²) < 4.78 is 0. The highest BCUT2D eigenvalue weighted by Gasteiger charge is 2.27. The molecule has 0 unspecified atom stereocenters. The van der Waals surface area contributed by atoms with Crippen molar-refractivity contribution in [1.82, 2.24) is 0 Å². The topological polar surface area (TPSA) is 52.0 Å². The van der Waals surface area contributed by atoms with E-state index in [4.69, 9.17) is 11.5 Å². The summed E-state index contributed by atoms with van der Waals surface area (Å²) in [6.45, 7) is 11.5. The first kappa shape index (κ1) is 23.0. The van der Waals surface area contributed by atoms with Gasteiger partial charge in [-0.25, -0.2) is 0 Å². The first-order chi connectivity index (χ1) is 10.3. The zero-order valence-corrected chi connectivity index (χ0v) is 20.8. The summed E-state index contributed by atoms with van der Waals surface area (Å²) in [4.78, 5) is 0. The third-order valence-corrected chi connectivity index (χ3v) is 11.4. The second-order valence-corrected chi connectivity index (χ2v) is 16.8. The average molecular weight is 562 g/mol. The summed E-state index contributed by atoms with van der Waals surface area (Å²) in [5, 5.41) is 3.19. The average Bonchev–Trinajstić information content (AvgIpc) is 2.53. The van der Waals surface area contributed by atoms with Crippen molar-refractivity contribution in [1.29, 1.82) is 0 Å². The molecule has 4 N–H and O–H groups in total. The van der Waals surface area contributed by atoms with Gasteiger partial charge in [-0.05, 0) is 25.9 Å². The zero-order chi connectivity index (χ0) is 17.2. The van der Waals surface area contributed by atoms with Gasteiger partial charge >= 0.3 is 0 Å². The van der Waals surface area contributed by atoms with Crippen LogP contribution in [0.3, 0.4) is 0 Å². The number of hydrogen-bond donors (Lipinski definition) is 2. The van der Waals surface area contributed by atoms with Crippen LogP contribution in [0.15, 0.2) is 24.3 Å². The highest BCUT2D eigenvalue weighted by molar-refractivity contribution is 15.0. The number of halogens is 2. The van der Waals surface area contributed by atoms with E-state index < -0.39 is 16.1 Å². The molecule has 22 heavy (non-hydrogen) atoms. The van der Waals surface area contributed by atoms with Crippen LogP contribution in [-0.2, 0) is 0 Å². The SMILES string of the molecule is C[Si](C)(CCCN)c1cccc([Si](C)(C)CCCN)c1.II. The molecule has 0 heterocycles. The van der Waals surface area contributed by atoms with Crippen LogP contribution in [0.25, 0.3) is 0 Å². The number of benzene rings is 1. The van der Waals surface area contributed by atoms with Crippen LogP contribution in [0.1, 0.15) is 12.8 Å². The summed E-state index contributed by atoms with van der Waals surface area (Å²) in [6, 6.07) is 12.0. The lowest BCUT2D eigenvalue weighted by molar-refractivity contribution is 0.914. The quantitative estimate of drug-likeness (QED) is 0.372. The highest BCUT2D eigenvalue weighted by Crippen LogP contribution is 2.15. The van der Waals surface area contributed by atoms with Crippen molar-refractivity contribution in [3.05, 3.63) is 24.3 Å². The normalized spacial score (nSPS) is 11.8. The van der Waals surface area contributed by atoms with Gasteiger partial charge < -0.3 is 11.5 Å². The summed E-state index contributed by atoms with van der Waals surface area (Å²) in [6.07, 6.45) is 2.30. The second kappa shape index (κ2) is 11.6. The monoisotopic (exact) mass is 562 g/mol. The molecule has 1 aromatic carbocycles. The molecule has 128 valence electrons. The van der Waals surface area contributed by atoms with Crippen molar-refractivity contribution in [3.63, 3.8) is 0 Å². The van der Waals surface area contributed by atoms with E-state index in [1.807, 2.05) is 0 Å². The predicted octanol–water partition coefficient (Wildman–Crippen LogP) is 3.99. The first-order valence-electron chi connectivity index (χ1n) is 7.99. The van der Waals surface area contributed by atoms with Gasteiger partial charge in [0.1, 0.15) is 0 Å². The molecule has 6 heteroatoms. The van der Waals surface area contributed by atoms with Crippen molar-refractivity contribution in [2.45, 2.75) is 51.1 Å². The Kier molecular flexibility index (Phi) is 12.1. The van der Waals surface area contributed by atoms with Gasteiger partial charge in [0.05, 0.1) is 16.1 Å². The van der Waals surface area contributed by atoms with E-state index in [2.05, 4.69) is 87.7 Å². The maximum Gasteiger partial charge on any atom is 0.0806 e. The lowest BCUT2D eigenvalue weighted by Crippen LogP contribution is -2.48. The molecule has 0 saturated heterocycles. The van der Waals surface area contributed by atoms with Crippen molar-refractivity contribution in [2.75, 3.05) is 13.1 Å². The molecule has 1 rings (SSSR count). The fourth-order valence-electron chi connectivity index (χ4n) is 2.74. The van der Waals surface area contributed by atoms with Gasteiger partial charge in [0.2, 0.25) is 0 Å². The van der Waals surface area contributed by atoms with E-state index in [0.717, 1.165) is 25.9 Å². The Morgan fingerprint density at radius 1 is 0.818 bits per heavy atom. The molecule has 0 aliphatic heterocycles. The standard InChI is InChI=1S/C16H32N2Si2.I2/c1-19(2,12-6-10-17)15-8-5-9-16(14-15)20(3,4)13-7-11-18;1-2/h5,8-9,14H,6-7,10-13,17-18H2,1-4H3;. The lowest BCUT2D eigenvalue weighted by atomic mass is 10.4. The summed E-state index contributed by atoms with van der Waals surface area (Å²) in [5.41, 5.74) is 11.4. The molecule has 0 atom stereocenters. The van der Waals surface area contributed by atoms with Crippen LogP contribution in [-0.4, -0.2) is 29.2 Å². The predicted molar refractivity (Wildman–Crippen MR) is 126 cm³/mol. The summed E-state index contributed by atoms with van der Waals surface area (Å²) >= 11 is 4.24. The molecule has 0 spiro atoms. The van der Waals surface area contributed by atoms with Crippen LogP contribution in [0.5, 0.6) is 0 Å². The molecule has 0 aromatic heterocycles. The third-order valence-electron chi connectivity index (χ3n) is 4.44. The molecule has 0 bridgehead atoms. The Balaban J connectivity index is 0.00000211. The zero-order valence-electron chi connectivity index (χ0n) is 14.5. The van der Waals surface area contributed by atoms with Crippen LogP contribution in [0, 0.1) is 0 Å². The van der Waals surface area contributed by atoms with Gasteiger partial charge in [0, 0.05) is 37.2 Å². The van der Waals surface area contributed by atoms with Crippen LogP contribution in [0.4, 0.5) is 0 Å². The van der Waals surface area contributed by atoms with E-state index in [1.165, 1.54) is 12.1 Å². The first-order valence-corrected chi connectivity index (χ1v) is 20.7. The maximum absolute atomic E-state index is 5.69. The molecule has 0 aliphatic rings. The Bertz CT molecular complexity index is 391. The van der Waals surface area contributed by atoms with E-state index in [-0.39, 0.29) is 0 Å². The van der Waals surface area contributed by atoms with E-state index in [1.54, 1.807) is 10.4 Å². The Morgan fingerprint density at radius 2 is 1.18 bits per heavy atom. The van der Waals surface area contributed by atoms with Crippen molar-refractivity contribution >= 4 is 63.8 Å². The second-order valence-electron chi connectivity index (χ2n) is 7.13. The van der Waals surface area contributed by atoms with E-state index >= 15 is 0 Å². The Hall–Kier alpha value is 1.03. The molecular weight excluding hydrogens is 530 g/mol. The summed E-state index contributed by atoms with van der Waals surface area (Å²) in [5.74, 6) is 0. The van der Waals surface area contributed by atoms with Crippen LogP contribution >= 0.6 is 37.2 Å². The minimum Gasteiger partial charge on any atom is -0.330 e. The van der Waals surface area contributed by atoms with Gasteiger partial charge in [-0.3, -0.25) is 0 Å². The van der Waals surface area contributed by atoms with Gasteiger partial charge in [-0.2, -0.15) is 0 Å². The molecule has 0 radical (unpaired) electrons. The molecule has 0 saturated carbocycles. The van der Waals surface area contributed by atoms with Crippen LogP contribution in [0.2, 0.25) is 38.3 Å². The number of hydrogen-bond acceptors (Lipinski definition) is 2. The van der Waals surface area contributed by atoms with Crippen molar-refractivity contribution in [3.8, 4) is 0 Å². The smallest absolute Gasteiger partial charge is 0.0806 e. The Morgan fingerprint density at radius 3 is 1.50 bits per heavy atom. The van der Waals surface area contributed by atoms with Crippen LogP contribution < -0.4 is 21.8 Å². The molecule has 1 aromatic rings. The maximum atomic E-state index is 5.69. The Labute approximate surface area is 162 Å². The number of rotatable bonds is 8. The molecule has 2 nitrogen and oxygen atoms in total. The fraction of sp³-hybridized carbons (Fsp3) is 0.625.